The van der Waals surface area contributed by atoms with E-state index in [0.717, 1.165) is 23.1 Å². The van der Waals surface area contributed by atoms with Gasteiger partial charge in [-0.2, -0.15) is 5.26 Å². The van der Waals surface area contributed by atoms with E-state index in [1.807, 2.05) is 49.4 Å². The van der Waals surface area contributed by atoms with Gasteiger partial charge in [0, 0.05) is 36.4 Å². The Bertz CT molecular complexity index is 932. The average Bonchev–Trinajstić information content (AvgIpc) is 2.79. The van der Waals surface area contributed by atoms with Gasteiger partial charge in [-0.15, -0.1) is 0 Å². The number of methoxy groups -OCH3 is 1. The van der Waals surface area contributed by atoms with Crippen LogP contribution in [0, 0.1) is 29.1 Å². The number of piperidine rings is 1. The van der Waals surface area contributed by atoms with Gasteiger partial charge in [-0.3, -0.25) is 4.98 Å². The monoisotopic (exact) mass is 403 g/mol. The quantitative estimate of drug-likeness (QED) is 0.735. The third-order valence-corrected chi connectivity index (χ3v) is 6.40. The average molecular weight is 404 g/mol. The lowest BCUT2D eigenvalue weighted by Crippen LogP contribution is -2.58. The van der Waals surface area contributed by atoms with Crippen LogP contribution < -0.4 is 5.32 Å². The fourth-order valence-electron chi connectivity index (χ4n) is 4.39. The number of carbonyl (C=O) groups excluding carboxylic acids is 1. The summed E-state index contributed by atoms with van der Waals surface area (Å²) in [5.41, 5.74) is 3.28. The van der Waals surface area contributed by atoms with Crippen molar-refractivity contribution in [2.24, 2.45) is 17.8 Å². The molecule has 156 valence electrons. The molecule has 6 unspecified atom stereocenters. The van der Waals surface area contributed by atoms with Crippen molar-refractivity contribution in [2.45, 2.75) is 39.0 Å². The highest BCUT2D eigenvalue weighted by molar-refractivity contribution is 5.70. The van der Waals surface area contributed by atoms with Gasteiger partial charge < -0.3 is 14.8 Å². The number of hydrogen-bond acceptors (Lipinski definition) is 5. The molecule has 0 radical (unpaired) electrons. The molecule has 0 saturated carbocycles. The number of carbonyl (C=O) groups is 1. The maximum atomic E-state index is 11.7. The van der Waals surface area contributed by atoms with Crippen molar-refractivity contribution in [2.75, 3.05) is 7.11 Å². The number of nitriles is 1. The van der Waals surface area contributed by atoms with Crippen molar-refractivity contribution in [3.05, 3.63) is 59.9 Å². The van der Waals surface area contributed by atoms with Crippen LogP contribution in [0.15, 0.2) is 48.7 Å². The number of rotatable bonds is 6. The van der Waals surface area contributed by atoms with Crippen molar-refractivity contribution in [3.8, 4) is 17.2 Å². The van der Waals surface area contributed by atoms with E-state index >= 15 is 0 Å². The highest BCUT2D eigenvalue weighted by atomic mass is 16.5. The Morgan fingerprint density at radius 1 is 1.23 bits per heavy atom. The molecule has 2 aromatic rings. The highest BCUT2D eigenvalue weighted by Crippen LogP contribution is 2.36. The van der Waals surface area contributed by atoms with Gasteiger partial charge in [0.1, 0.15) is 6.29 Å². The molecule has 0 aliphatic carbocycles. The Hall–Kier alpha value is -2.81. The Kier molecular flexibility index (Phi) is 7.15. The van der Waals surface area contributed by atoms with Gasteiger partial charge in [-0.1, -0.05) is 37.3 Å². The zero-order valence-electron chi connectivity index (χ0n) is 17.9. The summed E-state index contributed by atoms with van der Waals surface area (Å²) in [5, 5.41) is 12.7. The van der Waals surface area contributed by atoms with Gasteiger partial charge in [-0.25, -0.2) is 0 Å². The van der Waals surface area contributed by atoms with E-state index in [9.17, 15) is 10.1 Å². The van der Waals surface area contributed by atoms with Crippen molar-refractivity contribution in [1.29, 1.82) is 5.26 Å². The second-order valence-corrected chi connectivity index (χ2v) is 8.06. The largest absolute Gasteiger partial charge is 0.381 e. The van der Waals surface area contributed by atoms with Crippen LogP contribution in [-0.4, -0.2) is 36.6 Å². The SMILES string of the molecule is COC(C)C1C(C=O)NC(C)C(C)C1/C=C/c1ccc(-c2ccccc2C#N)cn1. The number of nitrogens with zero attached hydrogens (tertiary/aromatic N) is 2. The van der Waals surface area contributed by atoms with Gasteiger partial charge in [-0.05, 0) is 43.9 Å². The molecule has 1 fully saturated rings. The molecule has 1 aliphatic rings. The number of hydrogen-bond donors (Lipinski definition) is 1. The Morgan fingerprint density at radius 3 is 2.63 bits per heavy atom. The fourth-order valence-corrected chi connectivity index (χ4v) is 4.39. The molecule has 5 nitrogen and oxygen atoms in total. The van der Waals surface area contributed by atoms with E-state index in [4.69, 9.17) is 4.74 Å². The van der Waals surface area contributed by atoms with Gasteiger partial charge in [0.25, 0.3) is 0 Å². The summed E-state index contributed by atoms with van der Waals surface area (Å²) in [6.45, 7) is 6.35. The standard InChI is InChI=1S/C25H29N3O2/c1-16-17(2)28-24(15-29)25(18(3)30-4)22(16)12-11-21-10-9-20(14-27-21)23-8-6-5-7-19(23)13-26/h5-12,14-18,22,24-25,28H,1-4H3/b12-11+. The molecule has 1 aromatic carbocycles. The molecule has 0 amide bonds. The summed E-state index contributed by atoms with van der Waals surface area (Å²) in [6, 6.07) is 13.7. The molecular weight excluding hydrogens is 374 g/mol. The molecule has 1 aliphatic heterocycles. The molecule has 0 spiro atoms. The first-order valence-corrected chi connectivity index (χ1v) is 10.4. The van der Waals surface area contributed by atoms with Crippen molar-refractivity contribution >= 4 is 12.4 Å². The maximum Gasteiger partial charge on any atom is 0.137 e. The van der Waals surface area contributed by atoms with Gasteiger partial charge in [0.2, 0.25) is 0 Å². The van der Waals surface area contributed by atoms with Crippen LogP contribution >= 0.6 is 0 Å². The Balaban J connectivity index is 1.85. The third-order valence-electron chi connectivity index (χ3n) is 6.40. The molecule has 3 rings (SSSR count). The summed E-state index contributed by atoms with van der Waals surface area (Å²) < 4.78 is 5.60. The lowest BCUT2D eigenvalue weighted by molar-refractivity contribution is -0.115. The zero-order chi connectivity index (χ0) is 21.7. The smallest absolute Gasteiger partial charge is 0.137 e. The van der Waals surface area contributed by atoms with Gasteiger partial charge in [0.05, 0.1) is 29.5 Å². The second kappa shape index (κ2) is 9.80. The van der Waals surface area contributed by atoms with Crippen LogP contribution in [0.5, 0.6) is 0 Å². The molecule has 5 heteroatoms. The number of aldehydes is 1. The number of aromatic nitrogens is 1. The van der Waals surface area contributed by atoms with E-state index in [1.165, 1.54) is 0 Å². The Morgan fingerprint density at radius 2 is 2.00 bits per heavy atom. The zero-order valence-corrected chi connectivity index (χ0v) is 17.9. The second-order valence-electron chi connectivity index (χ2n) is 8.06. The first kappa shape index (κ1) is 21.9. The molecular formula is C25H29N3O2. The molecule has 1 aromatic heterocycles. The lowest BCUT2D eigenvalue weighted by atomic mass is 9.70. The summed E-state index contributed by atoms with van der Waals surface area (Å²) >= 11 is 0. The fraction of sp³-hybridized carbons (Fsp3) is 0.400. The topological polar surface area (TPSA) is 75.0 Å². The number of allylic oxidation sites excluding steroid dienone is 1. The van der Waals surface area contributed by atoms with Crippen LogP contribution in [0.4, 0.5) is 0 Å². The van der Waals surface area contributed by atoms with Gasteiger partial charge in [0.15, 0.2) is 0 Å². The molecule has 0 bridgehead atoms. The number of nitrogens with one attached hydrogen (secondary N) is 1. The molecule has 30 heavy (non-hydrogen) atoms. The lowest BCUT2D eigenvalue weighted by Gasteiger charge is -2.45. The predicted molar refractivity (Wildman–Crippen MR) is 118 cm³/mol. The van der Waals surface area contributed by atoms with Crippen molar-refractivity contribution in [3.63, 3.8) is 0 Å². The summed E-state index contributed by atoms with van der Waals surface area (Å²) in [7, 11) is 1.69. The van der Waals surface area contributed by atoms with Crippen LogP contribution in [0.2, 0.25) is 0 Å². The molecule has 6 atom stereocenters. The molecule has 2 heterocycles. The minimum atomic E-state index is -0.237. The predicted octanol–water partition coefficient (Wildman–Crippen LogP) is 4.10. The summed E-state index contributed by atoms with van der Waals surface area (Å²) in [5.74, 6) is 0.589. The number of benzene rings is 1. The summed E-state index contributed by atoms with van der Waals surface area (Å²) in [6.07, 6.45) is 6.95. The number of pyridine rings is 1. The molecule has 1 N–H and O–H groups in total. The van der Waals surface area contributed by atoms with Crippen molar-refractivity contribution in [1.82, 2.24) is 10.3 Å². The van der Waals surface area contributed by atoms with Crippen LogP contribution in [-0.2, 0) is 9.53 Å². The first-order chi connectivity index (χ1) is 14.5. The maximum absolute atomic E-state index is 11.7. The van der Waals surface area contributed by atoms with Crippen LogP contribution in [0.3, 0.4) is 0 Å². The van der Waals surface area contributed by atoms with E-state index in [-0.39, 0.29) is 30.0 Å². The minimum Gasteiger partial charge on any atom is -0.381 e. The normalized spacial score (nSPS) is 27.5. The van der Waals surface area contributed by atoms with Gasteiger partial charge >= 0.3 is 0 Å². The Labute approximate surface area is 178 Å². The first-order valence-electron chi connectivity index (χ1n) is 10.4. The van der Waals surface area contributed by atoms with E-state index in [0.29, 0.717) is 11.5 Å². The van der Waals surface area contributed by atoms with E-state index < -0.39 is 0 Å². The third kappa shape index (κ3) is 4.51. The van der Waals surface area contributed by atoms with Crippen LogP contribution in [0.25, 0.3) is 17.2 Å². The molecule has 1 saturated heterocycles. The highest BCUT2D eigenvalue weighted by Gasteiger charge is 2.42. The minimum absolute atomic E-state index is 0.0462. The van der Waals surface area contributed by atoms with Crippen molar-refractivity contribution < 1.29 is 9.53 Å². The van der Waals surface area contributed by atoms with Crippen LogP contribution in [0.1, 0.15) is 32.0 Å². The van der Waals surface area contributed by atoms with E-state index in [2.05, 4.69) is 36.3 Å². The van der Waals surface area contributed by atoms with E-state index in [1.54, 1.807) is 13.3 Å². The number of ether oxygens (including phenoxy) is 1. The summed E-state index contributed by atoms with van der Waals surface area (Å²) in [4.78, 5) is 16.3.